The van der Waals surface area contributed by atoms with E-state index in [1.54, 1.807) is 0 Å². The van der Waals surface area contributed by atoms with Crippen LogP contribution in [-0.4, -0.2) is 19.3 Å². The van der Waals surface area contributed by atoms with E-state index < -0.39 is 12.7 Å². The van der Waals surface area contributed by atoms with E-state index in [2.05, 4.69) is 11.4 Å². The average molecular weight is 267 g/mol. The second kappa shape index (κ2) is 5.61. The summed E-state index contributed by atoms with van der Waals surface area (Å²) in [7, 11) is 0. The molecule has 0 unspecified atom stereocenters. The van der Waals surface area contributed by atoms with Crippen LogP contribution in [0.5, 0.6) is 0 Å². The van der Waals surface area contributed by atoms with Gasteiger partial charge in [-0.1, -0.05) is 42.0 Å². The van der Waals surface area contributed by atoms with E-state index in [0.717, 1.165) is 16.3 Å². The first kappa shape index (κ1) is 13.9. The zero-order valence-corrected chi connectivity index (χ0v) is 10.7. The SMILES string of the molecule is Cc1ccc2cc(CCNCC(F)(F)F)ccc2c1. The van der Waals surface area contributed by atoms with Crippen LogP contribution < -0.4 is 5.32 Å². The molecule has 102 valence electrons. The third kappa shape index (κ3) is 4.24. The monoisotopic (exact) mass is 267 g/mol. The molecule has 0 saturated carbocycles. The van der Waals surface area contributed by atoms with Gasteiger partial charge >= 0.3 is 6.18 Å². The largest absolute Gasteiger partial charge is 0.401 e. The van der Waals surface area contributed by atoms with Crippen molar-refractivity contribution in [1.82, 2.24) is 5.32 Å². The molecule has 0 aromatic heterocycles. The summed E-state index contributed by atoms with van der Waals surface area (Å²) in [5.74, 6) is 0. The Morgan fingerprint density at radius 3 is 2.42 bits per heavy atom. The second-order valence-corrected chi connectivity index (χ2v) is 4.73. The molecule has 2 aromatic rings. The lowest BCUT2D eigenvalue weighted by atomic mass is 10.0. The molecule has 0 aliphatic carbocycles. The number of alkyl halides is 3. The smallest absolute Gasteiger partial charge is 0.308 e. The maximum atomic E-state index is 12.0. The molecule has 1 nitrogen and oxygen atoms in total. The molecule has 0 amide bonds. The van der Waals surface area contributed by atoms with Crippen molar-refractivity contribution in [3.8, 4) is 0 Å². The van der Waals surface area contributed by atoms with Crippen molar-refractivity contribution in [2.24, 2.45) is 0 Å². The Kier molecular flexibility index (Phi) is 4.10. The highest BCUT2D eigenvalue weighted by Crippen LogP contribution is 2.18. The number of hydrogen-bond donors (Lipinski definition) is 1. The van der Waals surface area contributed by atoms with Gasteiger partial charge in [-0.15, -0.1) is 0 Å². The highest BCUT2D eigenvalue weighted by Gasteiger charge is 2.25. The minimum Gasteiger partial charge on any atom is -0.308 e. The molecule has 0 bridgehead atoms. The average Bonchev–Trinajstić information content (AvgIpc) is 2.33. The fourth-order valence-electron chi connectivity index (χ4n) is 2.03. The number of hydrogen-bond acceptors (Lipinski definition) is 1. The molecule has 19 heavy (non-hydrogen) atoms. The van der Waals surface area contributed by atoms with Gasteiger partial charge in [-0.05, 0) is 36.2 Å². The van der Waals surface area contributed by atoms with Gasteiger partial charge in [-0.25, -0.2) is 0 Å². The van der Waals surface area contributed by atoms with Gasteiger partial charge in [0.1, 0.15) is 0 Å². The van der Waals surface area contributed by atoms with Crippen molar-refractivity contribution in [1.29, 1.82) is 0 Å². The summed E-state index contributed by atoms with van der Waals surface area (Å²) in [5, 5.41) is 4.69. The molecular weight excluding hydrogens is 251 g/mol. The van der Waals surface area contributed by atoms with Crippen LogP contribution >= 0.6 is 0 Å². The van der Waals surface area contributed by atoms with E-state index in [-0.39, 0.29) is 0 Å². The quantitative estimate of drug-likeness (QED) is 0.830. The molecule has 0 radical (unpaired) electrons. The van der Waals surface area contributed by atoms with E-state index in [9.17, 15) is 13.2 Å². The Labute approximate surface area is 110 Å². The Morgan fingerprint density at radius 2 is 1.68 bits per heavy atom. The molecule has 2 rings (SSSR count). The summed E-state index contributed by atoms with van der Waals surface area (Å²) in [4.78, 5) is 0. The van der Waals surface area contributed by atoms with Crippen LogP contribution in [-0.2, 0) is 6.42 Å². The molecule has 0 aliphatic rings. The van der Waals surface area contributed by atoms with Crippen LogP contribution in [0.4, 0.5) is 13.2 Å². The van der Waals surface area contributed by atoms with Gasteiger partial charge in [-0.2, -0.15) is 13.2 Å². The summed E-state index contributed by atoms with van der Waals surface area (Å²) < 4.78 is 35.9. The van der Waals surface area contributed by atoms with E-state index in [1.165, 1.54) is 5.56 Å². The number of rotatable bonds is 4. The van der Waals surface area contributed by atoms with Gasteiger partial charge in [0.05, 0.1) is 6.54 Å². The standard InChI is InChI=1S/C15H16F3N/c1-11-2-4-14-9-12(3-5-13(14)8-11)6-7-19-10-15(16,17)18/h2-5,8-9,19H,6-7,10H2,1H3. The maximum absolute atomic E-state index is 12.0. The van der Waals surface area contributed by atoms with Gasteiger partial charge in [0.25, 0.3) is 0 Å². The normalized spacial score (nSPS) is 12.0. The lowest BCUT2D eigenvalue weighted by Gasteiger charge is -2.08. The van der Waals surface area contributed by atoms with Gasteiger partial charge in [0.15, 0.2) is 0 Å². The summed E-state index contributed by atoms with van der Waals surface area (Å²) in [6.07, 6.45) is -3.54. The van der Waals surface area contributed by atoms with Gasteiger partial charge in [0, 0.05) is 0 Å². The molecule has 0 fully saturated rings. The van der Waals surface area contributed by atoms with Crippen molar-refractivity contribution < 1.29 is 13.2 Å². The highest BCUT2D eigenvalue weighted by molar-refractivity contribution is 5.83. The number of nitrogens with one attached hydrogen (secondary N) is 1. The van der Waals surface area contributed by atoms with Crippen LogP contribution in [0.2, 0.25) is 0 Å². The summed E-state index contributed by atoms with van der Waals surface area (Å²) >= 11 is 0. The predicted octanol–water partition coefficient (Wildman–Crippen LogP) is 3.84. The van der Waals surface area contributed by atoms with Gasteiger partial charge in [-0.3, -0.25) is 0 Å². The molecule has 0 atom stereocenters. The van der Waals surface area contributed by atoms with Crippen molar-refractivity contribution in [3.05, 3.63) is 47.5 Å². The summed E-state index contributed by atoms with van der Waals surface area (Å²) in [6, 6.07) is 12.2. The van der Waals surface area contributed by atoms with E-state index in [4.69, 9.17) is 0 Å². The highest BCUT2D eigenvalue weighted by atomic mass is 19.4. The van der Waals surface area contributed by atoms with Crippen molar-refractivity contribution >= 4 is 10.8 Å². The lowest BCUT2D eigenvalue weighted by molar-refractivity contribution is -0.124. The van der Waals surface area contributed by atoms with Crippen LogP contribution in [0.25, 0.3) is 10.8 Å². The lowest BCUT2D eigenvalue weighted by Crippen LogP contribution is -2.30. The minimum atomic E-state index is -4.14. The molecule has 0 aliphatic heterocycles. The van der Waals surface area contributed by atoms with Crippen molar-refractivity contribution in [2.75, 3.05) is 13.1 Å². The Morgan fingerprint density at radius 1 is 1.00 bits per heavy atom. The Bertz CT molecular complexity index is 561. The molecule has 2 aromatic carbocycles. The fraction of sp³-hybridized carbons (Fsp3) is 0.333. The van der Waals surface area contributed by atoms with Crippen molar-refractivity contribution in [2.45, 2.75) is 19.5 Å². The summed E-state index contributed by atoms with van der Waals surface area (Å²) in [5.41, 5.74) is 2.25. The summed E-state index contributed by atoms with van der Waals surface area (Å²) in [6.45, 7) is 1.44. The van der Waals surface area contributed by atoms with E-state index >= 15 is 0 Å². The van der Waals surface area contributed by atoms with E-state index in [1.807, 2.05) is 37.3 Å². The molecule has 0 spiro atoms. The zero-order valence-electron chi connectivity index (χ0n) is 10.7. The fourth-order valence-corrected chi connectivity index (χ4v) is 2.03. The molecular formula is C15H16F3N. The third-order valence-electron chi connectivity index (χ3n) is 2.98. The Hall–Kier alpha value is -1.55. The van der Waals surface area contributed by atoms with E-state index in [0.29, 0.717) is 13.0 Å². The van der Waals surface area contributed by atoms with Gasteiger partial charge < -0.3 is 5.32 Å². The molecule has 0 heterocycles. The number of benzene rings is 2. The number of aryl methyl sites for hydroxylation is 1. The number of fused-ring (bicyclic) bond motifs is 1. The molecule has 1 N–H and O–H groups in total. The van der Waals surface area contributed by atoms with Crippen LogP contribution in [0.15, 0.2) is 36.4 Å². The minimum absolute atomic E-state index is 0.330. The maximum Gasteiger partial charge on any atom is 0.401 e. The number of halogens is 3. The Balaban J connectivity index is 1.96. The van der Waals surface area contributed by atoms with Crippen molar-refractivity contribution in [3.63, 3.8) is 0 Å². The van der Waals surface area contributed by atoms with Gasteiger partial charge in [0.2, 0.25) is 0 Å². The first-order chi connectivity index (χ1) is 8.94. The topological polar surface area (TPSA) is 12.0 Å². The first-order valence-electron chi connectivity index (χ1n) is 6.21. The third-order valence-corrected chi connectivity index (χ3v) is 2.98. The second-order valence-electron chi connectivity index (χ2n) is 4.73. The van der Waals surface area contributed by atoms with Crippen LogP contribution in [0, 0.1) is 6.92 Å². The molecule has 0 saturated heterocycles. The van der Waals surface area contributed by atoms with Crippen LogP contribution in [0.1, 0.15) is 11.1 Å². The zero-order chi connectivity index (χ0) is 13.9. The van der Waals surface area contributed by atoms with Crippen LogP contribution in [0.3, 0.4) is 0 Å². The first-order valence-corrected chi connectivity index (χ1v) is 6.21. The predicted molar refractivity (Wildman–Crippen MR) is 71.3 cm³/mol. The molecule has 4 heteroatoms.